The van der Waals surface area contributed by atoms with Gasteiger partial charge in [0.15, 0.2) is 0 Å². The molecule has 0 fully saturated rings. The molecule has 0 aromatic rings. The summed E-state index contributed by atoms with van der Waals surface area (Å²) in [5.41, 5.74) is 0. The van der Waals surface area contributed by atoms with E-state index in [1.807, 2.05) is 0 Å². The van der Waals surface area contributed by atoms with Crippen LogP contribution < -0.4 is 0 Å². The third-order valence-corrected chi connectivity index (χ3v) is 20.6. The topological polar surface area (TPSA) is 158 Å². The Kier molecular flexibility index (Phi) is 16.2. The number of carbonyl (C=O) groups is 6. The molecule has 0 aliphatic carbocycles. The standard InChI is InChI=1S/2C8H17.3C4H4O4.2Sn/c2*1-3-5-7-8-6-4-2;3*5-3(6)1-2-4(7)8;;/h2*1,3-8H2,2H3;3*1-2H,(H,5,6)(H,7,8);;/q;;;;;2*+3/p-6/b;;2-1-;;;;. The Labute approximate surface area is 257 Å². The molecule has 2 aliphatic heterocycles. The molecular weight excluding hydrogens is 766 g/mol. The number of rotatable bonds is 18. The van der Waals surface area contributed by atoms with Gasteiger partial charge in [0.2, 0.25) is 0 Å². The molecule has 42 heavy (non-hydrogen) atoms. The molecule has 0 aromatic carbocycles. The van der Waals surface area contributed by atoms with Gasteiger partial charge < -0.3 is 0 Å². The van der Waals surface area contributed by atoms with Gasteiger partial charge in [-0.05, 0) is 0 Å². The zero-order valence-corrected chi connectivity index (χ0v) is 30.0. The first kappa shape index (κ1) is 35.8. The third-order valence-electron chi connectivity index (χ3n) is 6.28. The Bertz CT molecular complexity index is 943. The van der Waals surface area contributed by atoms with Crippen molar-refractivity contribution in [3.8, 4) is 0 Å². The van der Waals surface area contributed by atoms with Crippen molar-refractivity contribution in [3.05, 3.63) is 36.5 Å². The molecule has 0 spiro atoms. The number of hydrogen-bond acceptors (Lipinski definition) is 12. The summed E-state index contributed by atoms with van der Waals surface area (Å²) in [6.45, 7) is 4.19. The van der Waals surface area contributed by atoms with Crippen molar-refractivity contribution < 1.29 is 47.2 Å². The second kappa shape index (κ2) is 19.0. The van der Waals surface area contributed by atoms with Gasteiger partial charge >= 0.3 is 258 Å². The molecule has 0 saturated carbocycles. The Hall–Kier alpha value is -2.36. The zero-order valence-electron chi connectivity index (χ0n) is 24.3. The van der Waals surface area contributed by atoms with Crippen molar-refractivity contribution in [2.24, 2.45) is 0 Å². The van der Waals surface area contributed by atoms with E-state index in [0.717, 1.165) is 101 Å². The van der Waals surface area contributed by atoms with Gasteiger partial charge in [0, 0.05) is 0 Å². The van der Waals surface area contributed by atoms with Crippen LogP contribution >= 0.6 is 0 Å². The van der Waals surface area contributed by atoms with Gasteiger partial charge in [-0.1, -0.05) is 0 Å². The Morgan fingerprint density at radius 2 is 0.833 bits per heavy atom. The van der Waals surface area contributed by atoms with Crippen LogP contribution in [0.2, 0.25) is 8.87 Å². The van der Waals surface area contributed by atoms with Crippen LogP contribution in [0.3, 0.4) is 0 Å². The molecule has 0 unspecified atom stereocenters. The molecule has 0 amide bonds. The second-order valence-electron chi connectivity index (χ2n) is 9.93. The summed E-state index contributed by atoms with van der Waals surface area (Å²) in [7, 11) is 0. The summed E-state index contributed by atoms with van der Waals surface area (Å²) in [4.78, 5) is 73.9. The minimum atomic E-state index is -5.05. The normalized spacial score (nSPS) is 17.5. The Morgan fingerprint density at radius 3 is 1.14 bits per heavy atom. The van der Waals surface area contributed by atoms with Crippen LogP contribution in [0.1, 0.15) is 90.9 Å². The van der Waals surface area contributed by atoms with Crippen LogP contribution in [-0.4, -0.2) is 75.1 Å². The van der Waals surface area contributed by atoms with Crippen LogP contribution in [0.25, 0.3) is 0 Å². The van der Waals surface area contributed by atoms with Gasteiger partial charge in [0.1, 0.15) is 0 Å². The molecule has 2 aliphatic rings. The van der Waals surface area contributed by atoms with E-state index in [-0.39, 0.29) is 8.87 Å². The Balaban J connectivity index is 2.07. The second-order valence-corrected chi connectivity index (χ2v) is 24.1. The maximum absolute atomic E-state index is 12.7. The van der Waals surface area contributed by atoms with Gasteiger partial charge in [0.25, 0.3) is 0 Å². The minimum absolute atomic E-state index is 0.0979. The van der Waals surface area contributed by atoms with Gasteiger partial charge in [-0.3, -0.25) is 0 Å². The number of carbonyl (C=O) groups excluding carboxylic acids is 6. The van der Waals surface area contributed by atoms with Crippen molar-refractivity contribution in [1.29, 1.82) is 0 Å². The van der Waals surface area contributed by atoms with E-state index in [2.05, 4.69) is 13.8 Å². The summed E-state index contributed by atoms with van der Waals surface area (Å²) in [6.07, 6.45) is 15.9. The van der Waals surface area contributed by atoms with E-state index >= 15 is 0 Å². The van der Waals surface area contributed by atoms with Crippen molar-refractivity contribution in [3.63, 3.8) is 0 Å². The third kappa shape index (κ3) is 13.7. The van der Waals surface area contributed by atoms with Crippen molar-refractivity contribution in [2.75, 3.05) is 0 Å². The number of hydrogen-bond donors (Lipinski definition) is 0. The van der Waals surface area contributed by atoms with Crippen LogP contribution in [0.15, 0.2) is 36.5 Å². The molecule has 0 atom stereocenters. The molecular formula is C28H40O12Sn2. The summed E-state index contributed by atoms with van der Waals surface area (Å²) in [6, 6.07) is 0. The van der Waals surface area contributed by atoms with Gasteiger partial charge in [-0.15, -0.1) is 0 Å². The first-order chi connectivity index (χ1) is 20.1. The van der Waals surface area contributed by atoms with Gasteiger partial charge in [0.05, 0.1) is 0 Å². The summed E-state index contributed by atoms with van der Waals surface area (Å²) in [5, 5.41) is 0. The predicted molar refractivity (Wildman–Crippen MR) is 152 cm³/mol. The van der Waals surface area contributed by atoms with Crippen LogP contribution in [0.5, 0.6) is 0 Å². The van der Waals surface area contributed by atoms with Gasteiger partial charge in [-0.2, -0.15) is 0 Å². The van der Waals surface area contributed by atoms with E-state index < -0.39 is 75.1 Å². The molecule has 0 N–H and O–H groups in total. The number of unbranched alkanes of at least 4 members (excludes halogenated alkanes) is 10. The molecule has 14 heteroatoms. The van der Waals surface area contributed by atoms with Crippen molar-refractivity contribution in [2.45, 2.75) is 99.8 Å². The van der Waals surface area contributed by atoms with Crippen molar-refractivity contribution >= 4 is 75.1 Å². The maximum atomic E-state index is 12.7. The predicted octanol–water partition coefficient (Wildman–Crippen LogP) is 4.54. The zero-order chi connectivity index (χ0) is 30.8. The first-order valence-corrected chi connectivity index (χ1v) is 25.6. The van der Waals surface area contributed by atoms with E-state index in [1.165, 1.54) is 0 Å². The fourth-order valence-electron chi connectivity index (χ4n) is 4.21. The van der Waals surface area contributed by atoms with E-state index in [4.69, 9.17) is 18.4 Å². The average Bonchev–Trinajstić information content (AvgIpc) is 3.16. The molecule has 2 heterocycles. The Morgan fingerprint density at radius 1 is 0.548 bits per heavy atom. The first-order valence-electron chi connectivity index (χ1n) is 14.5. The van der Waals surface area contributed by atoms with Crippen LogP contribution in [0, 0.1) is 0 Å². The van der Waals surface area contributed by atoms with E-state index in [0.29, 0.717) is 12.8 Å². The van der Waals surface area contributed by atoms with Crippen LogP contribution in [-0.2, 0) is 47.2 Å². The molecule has 232 valence electrons. The molecule has 0 radical (unpaired) electrons. The summed E-state index contributed by atoms with van der Waals surface area (Å²) >= 11 is -10.1. The SMILES string of the molecule is CCCCCCC[CH2][Sn]1([O]C(=O)/C=C\C(=O)[O][Sn]2([CH2]CCCCCCC)[O]C(=O)C=CC(=O)[O]2)[O]C(=O)C=CC(=O)[O]1. The molecule has 12 nitrogen and oxygen atoms in total. The fraction of sp³-hybridized carbons (Fsp3) is 0.571. The molecule has 0 bridgehead atoms. The van der Waals surface area contributed by atoms with Crippen LogP contribution in [0.4, 0.5) is 0 Å². The molecule has 0 saturated heterocycles. The monoisotopic (exact) mass is 808 g/mol. The average molecular weight is 806 g/mol. The van der Waals surface area contributed by atoms with Gasteiger partial charge in [-0.25, -0.2) is 0 Å². The summed E-state index contributed by atoms with van der Waals surface area (Å²) < 4.78 is 32.5. The molecule has 0 aromatic heterocycles. The van der Waals surface area contributed by atoms with E-state index in [9.17, 15) is 28.8 Å². The molecule has 2 rings (SSSR count). The van der Waals surface area contributed by atoms with E-state index in [1.54, 1.807) is 0 Å². The van der Waals surface area contributed by atoms with Crippen molar-refractivity contribution in [1.82, 2.24) is 0 Å². The summed E-state index contributed by atoms with van der Waals surface area (Å²) in [5.74, 6) is -5.56. The fourth-order valence-corrected chi connectivity index (χ4v) is 17.0. The quantitative estimate of drug-likeness (QED) is 0.108.